The van der Waals surface area contributed by atoms with Crippen LogP contribution in [-0.2, 0) is 0 Å². The van der Waals surface area contributed by atoms with Crippen molar-refractivity contribution in [2.24, 2.45) is 0 Å². The van der Waals surface area contributed by atoms with Crippen molar-refractivity contribution >= 4 is 22.5 Å². The van der Waals surface area contributed by atoms with Gasteiger partial charge in [-0.2, -0.15) is 0 Å². The third kappa shape index (κ3) is 1.55. The van der Waals surface area contributed by atoms with Gasteiger partial charge in [0.2, 0.25) is 0 Å². The molecule has 1 heterocycles. The summed E-state index contributed by atoms with van der Waals surface area (Å²) in [5.74, 6) is 0.585. The van der Waals surface area contributed by atoms with Gasteiger partial charge in [-0.05, 0) is 12.1 Å². The zero-order valence-corrected chi connectivity index (χ0v) is 12.2. The number of hydrogen-bond donors (Lipinski definition) is 0. The highest BCUT2D eigenvalue weighted by atomic mass is 16.5. The van der Waals surface area contributed by atoms with Gasteiger partial charge in [0.15, 0.2) is 11.6 Å². The quantitative estimate of drug-likeness (QED) is 0.536. The second-order valence-electron chi connectivity index (χ2n) is 5.79. The lowest BCUT2D eigenvalue weighted by Gasteiger charge is -2.17. The summed E-state index contributed by atoms with van der Waals surface area (Å²) in [6.07, 6.45) is 0. The molecule has 0 bridgehead atoms. The molecule has 0 unspecified atom stereocenters. The standard InChI is InChI=1S/C18H13NO3/c1-9(2)18-13-8-7-12-14(15(13)19-22-18)17(21)11-6-4-3-5-10(11)16(12)20/h3-9H,1-2H3. The summed E-state index contributed by atoms with van der Waals surface area (Å²) in [7, 11) is 0. The van der Waals surface area contributed by atoms with E-state index in [1.54, 1.807) is 30.3 Å². The smallest absolute Gasteiger partial charge is 0.196 e. The lowest BCUT2D eigenvalue weighted by atomic mass is 9.83. The van der Waals surface area contributed by atoms with E-state index in [4.69, 9.17) is 4.52 Å². The Labute approximate surface area is 126 Å². The van der Waals surface area contributed by atoms with E-state index in [0.717, 1.165) is 11.1 Å². The predicted molar refractivity (Wildman–Crippen MR) is 81.4 cm³/mol. The Morgan fingerprint density at radius 1 is 0.909 bits per heavy atom. The average molecular weight is 291 g/mol. The molecule has 1 aliphatic carbocycles. The SMILES string of the molecule is CC(C)c1onc2c3c(ccc12)C(=O)c1ccccc1C3=O. The van der Waals surface area contributed by atoms with Gasteiger partial charge in [-0.1, -0.05) is 43.3 Å². The van der Waals surface area contributed by atoms with Gasteiger partial charge >= 0.3 is 0 Å². The molecule has 4 nitrogen and oxygen atoms in total. The van der Waals surface area contributed by atoms with Gasteiger partial charge in [0, 0.05) is 28.0 Å². The van der Waals surface area contributed by atoms with Crippen molar-refractivity contribution in [1.82, 2.24) is 5.16 Å². The number of ketones is 2. The van der Waals surface area contributed by atoms with Crippen molar-refractivity contribution in [3.63, 3.8) is 0 Å². The van der Waals surface area contributed by atoms with E-state index in [2.05, 4.69) is 5.16 Å². The normalized spacial score (nSPS) is 13.6. The minimum atomic E-state index is -0.167. The number of fused-ring (bicyclic) bond motifs is 4. The van der Waals surface area contributed by atoms with Crippen LogP contribution in [-0.4, -0.2) is 16.7 Å². The number of benzene rings is 2. The van der Waals surface area contributed by atoms with Gasteiger partial charge in [0.25, 0.3) is 0 Å². The van der Waals surface area contributed by atoms with Crippen LogP contribution in [0.2, 0.25) is 0 Å². The topological polar surface area (TPSA) is 60.2 Å². The molecule has 0 aliphatic heterocycles. The third-order valence-corrected chi connectivity index (χ3v) is 4.09. The van der Waals surface area contributed by atoms with E-state index in [1.165, 1.54) is 0 Å². The number of nitrogens with zero attached hydrogens (tertiary/aromatic N) is 1. The summed E-state index contributed by atoms with van der Waals surface area (Å²) in [4.78, 5) is 25.4. The van der Waals surface area contributed by atoms with E-state index in [0.29, 0.717) is 27.8 Å². The molecule has 2 aromatic carbocycles. The Morgan fingerprint density at radius 3 is 2.27 bits per heavy atom. The highest BCUT2D eigenvalue weighted by molar-refractivity contribution is 6.31. The molecule has 1 aromatic heterocycles. The summed E-state index contributed by atoms with van der Waals surface area (Å²) >= 11 is 0. The van der Waals surface area contributed by atoms with E-state index in [9.17, 15) is 9.59 Å². The maximum absolute atomic E-state index is 12.8. The zero-order valence-electron chi connectivity index (χ0n) is 12.2. The second-order valence-corrected chi connectivity index (χ2v) is 5.79. The number of carbonyl (C=O) groups is 2. The maximum atomic E-state index is 12.8. The highest BCUT2D eigenvalue weighted by Crippen LogP contribution is 2.34. The van der Waals surface area contributed by atoms with Crippen molar-refractivity contribution in [3.05, 3.63) is 64.4 Å². The molecule has 0 fully saturated rings. The highest BCUT2D eigenvalue weighted by Gasteiger charge is 2.32. The first-order valence-corrected chi connectivity index (χ1v) is 7.20. The molecule has 108 valence electrons. The molecule has 4 rings (SSSR count). The Morgan fingerprint density at radius 2 is 1.59 bits per heavy atom. The van der Waals surface area contributed by atoms with Crippen LogP contribution < -0.4 is 0 Å². The predicted octanol–water partition coefficient (Wildman–Crippen LogP) is 3.73. The second kappa shape index (κ2) is 4.37. The van der Waals surface area contributed by atoms with Crippen molar-refractivity contribution < 1.29 is 14.1 Å². The summed E-state index contributed by atoms with van der Waals surface area (Å²) < 4.78 is 5.40. The lowest BCUT2D eigenvalue weighted by molar-refractivity contribution is 0.0980. The lowest BCUT2D eigenvalue weighted by Crippen LogP contribution is -2.21. The van der Waals surface area contributed by atoms with Crippen LogP contribution in [0.15, 0.2) is 40.9 Å². The van der Waals surface area contributed by atoms with E-state index in [-0.39, 0.29) is 17.5 Å². The Balaban J connectivity index is 2.07. The first-order valence-electron chi connectivity index (χ1n) is 7.20. The number of aromatic nitrogens is 1. The van der Waals surface area contributed by atoms with Crippen molar-refractivity contribution in [1.29, 1.82) is 0 Å². The fourth-order valence-corrected chi connectivity index (χ4v) is 3.02. The van der Waals surface area contributed by atoms with Gasteiger partial charge in [-0.25, -0.2) is 0 Å². The van der Waals surface area contributed by atoms with Crippen LogP contribution in [0.3, 0.4) is 0 Å². The van der Waals surface area contributed by atoms with Crippen molar-refractivity contribution in [2.45, 2.75) is 19.8 Å². The van der Waals surface area contributed by atoms with E-state index in [1.807, 2.05) is 19.9 Å². The van der Waals surface area contributed by atoms with Crippen LogP contribution in [0.4, 0.5) is 0 Å². The van der Waals surface area contributed by atoms with Crippen LogP contribution in [0.25, 0.3) is 10.9 Å². The minimum absolute atomic E-state index is 0.138. The molecule has 0 atom stereocenters. The van der Waals surface area contributed by atoms with E-state index >= 15 is 0 Å². The Kier molecular flexibility index (Phi) is 2.57. The molecular formula is C18H13NO3. The zero-order chi connectivity index (χ0) is 15.4. The van der Waals surface area contributed by atoms with Gasteiger partial charge in [0.1, 0.15) is 11.3 Å². The monoisotopic (exact) mass is 291 g/mol. The number of hydrogen-bond acceptors (Lipinski definition) is 4. The molecule has 22 heavy (non-hydrogen) atoms. The largest absolute Gasteiger partial charge is 0.360 e. The number of carbonyl (C=O) groups excluding carboxylic acids is 2. The maximum Gasteiger partial charge on any atom is 0.196 e. The van der Waals surface area contributed by atoms with Gasteiger partial charge < -0.3 is 4.52 Å². The molecule has 0 spiro atoms. The third-order valence-electron chi connectivity index (χ3n) is 4.09. The first kappa shape index (κ1) is 13.0. The molecule has 4 heteroatoms. The number of rotatable bonds is 1. The summed E-state index contributed by atoms with van der Waals surface area (Å²) in [5.41, 5.74) is 2.12. The van der Waals surface area contributed by atoms with Crippen LogP contribution in [0.1, 0.15) is 57.4 Å². The molecule has 1 aliphatic rings. The molecular weight excluding hydrogens is 278 g/mol. The first-order chi connectivity index (χ1) is 10.6. The fourth-order valence-electron chi connectivity index (χ4n) is 3.02. The summed E-state index contributed by atoms with van der Waals surface area (Å²) in [5, 5.41) is 4.86. The van der Waals surface area contributed by atoms with Gasteiger partial charge in [-0.15, -0.1) is 0 Å². The average Bonchev–Trinajstić information content (AvgIpc) is 2.96. The Hall–Kier alpha value is -2.75. The molecule has 0 radical (unpaired) electrons. The van der Waals surface area contributed by atoms with Crippen LogP contribution >= 0.6 is 0 Å². The van der Waals surface area contributed by atoms with E-state index < -0.39 is 0 Å². The minimum Gasteiger partial charge on any atom is -0.360 e. The summed E-state index contributed by atoms with van der Waals surface area (Å²) in [6, 6.07) is 10.4. The van der Waals surface area contributed by atoms with Crippen LogP contribution in [0, 0.1) is 0 Å². The Bertz CT molecular complexity index is 950. The molecule has 0 saturated carbocycles. The summed E-state index contributed by atoms with van der Waals surface area (Å²) in [6.45, 7) is 4.00. The van der Waals surface area contributed by atoms with Gasteiger partial charge in [0.05, 0.1) is 5.56 Å². The van der Waals surface area contributed by atoms with Crippen molar-refractivity contribution in [3.8, 4) is 0 Å². The molecule has 0 saturated heterocycles. The fraction of sp³-hybridized carbons (Fsp3) is 0.167. The van der Waals surface area contributed by atoms with Gasteiger partial charge in [-0.3, -0.25) is 9.59 Å². The molecule has 3 aromatic rings. The van der Waals surface area contributed by atoms with Crippen LogP contribution in [0.5, 0.6) is 0 Å². The molecule has 0 amide bonds. The molecule has 0 N–H and O–H groups in total. The van der Waals surface area contributed by atoms with Crippen molar-refractivity contribution in [2.75, 3.05) is 0 Å².